The highest BCUT2D eigenvalue weighted by Gasteiger charge is 2.38. The van der Waals surface area contributed by atoms with Crippen LogP contribution in [0.25, 0.3) is 0 Å². The van der Waals surface area contributed by atoms with Gasteiger partial charge < -0.3 is 31.7 Å². The molecular weight excluding hydrogens is 546 g/mol. The first-order chi connectivity index (χ1) is 18.0. The normalized spacial score (nSPS) is 12.2. The van der Waals surface area contributed by atoms with Crippen molar-refractivity contribution < 1.29 is 60.8 Å². The molecule has 7 N–H and O–H groups in total. The number of carboxylic acids is 3. The molecule has 1 unspecified atom stereocenters. The number of aliphatic carboxylic acids is 3. The van der Waals surface area contributed by atoms with E-state index < -0.39 is 36.4 Å². The van der Waals surface area contributed by atoms with E-state index in [0.29, 0.717) is 0 Å². The third-order valence-electron chi connectivity index (χ3n) is 4.01. The Balaban J connectivity index is 0.000000848. The molecule has 2 aromatic rings. The number of hydrazone groups is 2. The van der Waals surface area contributed by atoms with E-state index in [4.69, 9.17) is 41.3 Å². The zero-order chi connectivity index (χ0) is 30.2. The summed E-state index contributed by atoms with van der Waals surface area (Å²) >= 11 is 0. The molecule has 0 aliphatic heterocycles. The largest absolute Gasteiger partial charge is 0.490 e. The lowest BCUT2D eigenvalue weighted by Crippen LogP contribution is -2.21. The summed E-state index contributed by atoms with van der Waals surface area (Å²) in [5.74, 6) is 3.83. The van der Waals surface area contributed by atoms with Crippen LogP contribution in [0.2, 0.25) is 0 Å². The molecule has 0 fully saturated rings. The van der Waals surface area contributed by atoms with Gasteiger partial charge in [0.2, 0.25) is 0 Å². The summed E-state index contributed by atoms with van der Waals surface area (Å²) < 4.78 is 69.3. The van der Waals surface area contributed by atoms with E-state index in [1.54, 1.807) is 6.21 Å². The highest BCUT2D eigenvalue weighted by molar-refractivity contribution is 5.80. The summed E-state index contributed by atoms with van der Waals surface area (Å²) in [4.78, 5) is 29.0. The zero-order valence-corrected chi connectivity index (χ0v) is 19.6. The number of halogens is 6. The minimum Gasteiger partial charge on any atom is -0.481 e. The number of carboxylic acid groups (broad SMARTS) is 3. The summed E-state index contributed by atoms with van der Waals surface area (Å²) in [6, 6.07) is 14.8. The summed E-state index contributed by atoms with van der Waals surface area (Å²) in [7, 11) is 0. The SMILES string of the molecule is NN=Cc1ccc(COC(CC(=O)O)c2cccc(C=NN)c2)cc1.O=C(O)C(F)(F)F.O=C(O)C(F)(F)F. The predicted octanol–water partition coefficient (Wildman–Crippen LogP) is 3.27. The molecule has 1 atom stereocenters. The van der Waals surface area contributed by atoms with Crippen molar-refractivity contribution in [3.8, 4) is 0 Å². The lowest BCUT2D eigenvalue weighted by Gasteiger charge is -2.17. The average Bonchev–Trinajstić information content (AvgIpc) is 2.82. The molecule has 0 bridgehead atoms. The van der Waals surface area contributed by atoms with Crippen LogP contribution in [0.15, 0.2) is 58.7 Å². The minimum atomic E-state index is -5.08. The maximum Gasteiger partial charge on any atom is 0.490 e. The van der Waals surface area contributed by atoms with Crippen LogP contribution < -0.4 is 11.7 Å². The van der Waals surface area contributed by atoms with Gasteiger partial charge in [0.15, 0.2) is 0 Å². The van der Waals surface area contributed by atoms with Gasteiger partial charge in [0, 0.05) is 0 Å². The topological polar surface area (TPSA) is 198 Å². The molecule has 0 heterocycles. The summed E-state index contributed by atoms with van der Waals surface area (Å²) in [6.07, 6.45) is -7.84. The zero-order valence-electron chi connectivity index (χ0n) is 19.6. The number of nitrogens with two attached hydrogens (primary N) is 2. The van der Waals surface area contributed by atoms with Gasteiger partial charge >= 0.3 is 30.3 Å². The van der Waals surface area contributed by atoms with Crippen LogP contribution in [-0.4, -0.2) is 58.0 Å². The van der Waals surface area contributed by atoms with E-state index in [1.165, 1.54) is 6.21 Å². The Morgan fingerprint density at radius 1 is 0.821 bits per heavy atom. The Labute approximate surface area is 216 Å². The van der Waals surface area contributed by atoms with Gasteiger partial charge in [-0.05, 0) is 28.3 Å². The van der Waals surface area contributed by atoms with Crippen LogP contribution in [0, 0.1) is 0 Å². The molecule has 17 heteroatoms. The fourth-order valence-corrected chi connectivity index (χ4v) is 2.34. The predicted molar refractivity (Wildman–Crippen MR) is 124 cm³/mol. The Morgan fingerprint density at radius 2 is 1.28 bits per heavy atom. The Hall–Kier alpha value is -4.67. The third-order valence-corrected chi connectivity index (χ3v) is 4.01. The lowest BCUT2D eigenvalue weighted by molar-refractivity contribution is -0.193. The molecule has 0 aliphatic rings. The first-order valence-corrected chi connectivity index (χ1v) is 10.1. The molecule has 2 aromatic carbocycles. The van der Waals surface area contributed by atoms with E-state index >= 15 is 0 Å². The van der Waals surface area contributed by atoms with Gasteiger partial charge in [0.05, 0.1) is 31.6 Å². The fourth-order valence-electron chi connectivity index (χ4n) is 2.34. The maximum absolute atomic E-state index is 11.2. The second-order valence-corrected chi connectivity index (χ2v) is 6.97. The second-order valence-electron chi connectivity index (χ2n) is 6.97. The Bertz CT molecular complexity index is 1110. The van der Waals surface area contributed by atoms with E-state index in [-0.39, 0.29) is 13.0 Å². The van der Waals surface area contributed by atoms with Gasteiger partial charge in [-0.2, -0.15) is 36.5 Å². The van der Waals surface area contributed by atoms with Crippen molar-refractivity contribution >= 4 is 30.3 Å². The van der Waals surface area contributed by atoms with Crippen LogP contribution in [0.1, 0.15) is 34.8 Å². The van der Waals surface area contributed by atoms with Crippen molar-refractivity contribution in [3.63, 3.8) is 0 Å². The first-order valence-electron chi connectivity index (χ1n) is 10.1. The number of benzene rings is 2. The Morgan fingerprint density at radius 3 is 1.69 bits per heavy atom. The number of ether oxygens (including phenoxy) is 1. The minimum absolute atomic E-state index is 0.138. The van der Waals surface area contributed by atoms with Crippen LogP contribution in [0.5, 0.6) is 0 Å². The monoisotopic (exact) mass is 568 g/mol. The standard InChI is InChI=1S/C18H20N4O3.2C2HF3O2/c19-21-10-13-4-6-14(7-5-13)12-25-17(9-18(23)24)16-3-1-2-15(8-16)11-22-20;2*3-2(4,5)1(6)7/h1-8,10-11,17H,9,12,19-20H2,(H,23,24);2*(H,6,7). The van der Waals surface area contributed by atoms with Gasteiger partial charge in [0.1, 0.15) is 0 Å². The average molecular weight is 568 g/mol. The third kappa shape index (κ3) is 15.2. The molecule has 0 aromatic heterocycles. The van der Waals surface area contributed by atoms with E-state index in [2.05, 4.69) is 10.2 Å². The molecule has 0 spiro atoms. The quantitative estimate of drug-likeness (QED) is 0.137. The molecular formula is C22H22F6N4O7. The van der Waals surface area contributed by atoms with E-state index in [0.717, 1.165) is 22.3 Å². The Kier molecular flexibility index (Phi) is 14.3. The van der Waals surface area contributed by atoms with Gasteiger partial charge in [-0.25, -0.2) is 9.59 Å². The lowest BCUT2D eigenvalue weighted by atomic mass is 10.0. The van der Waals surface area contributed by atoms with Crippen LogP contribution in [0.3, 0.4) is 0 Å². The van der Waals surface area contributed by atoms with Gasteiger partial charge in [0.25, 0.3) is 0 Å². The first kappa shape index (κ1) is 34.3. The fraction of sp³-hybridized carbons (Fsp3) is 0.227. The van der Waals surface area contributed by atoms with Crippen molar-refractivity contribution in [3.05, 3.63) is 70.8 Å². The molecule has 2 rings (SSSR count). The molecule has 0 aliphatic carbocycles. The summed E-state index contributed by atoms with van der Waals surface area (Å²) in [6.45, 7) is 0.285. The molecule has 0 saturated heterocycles. The smallest absolute Gasteiger partial charge is 0.481 e. The van der Waals surface area contributed by atoms with Gasteiger partial charge in [-0.15, -0.1) is 0 Å². The van der Waals surface area contributed by atoms with Crippen molar-refractivity contribution in [2.75, 3.05) is 0 Å². The number of carbonyl (C=O) groups is 3. The number of alkyl halides is 6. The van der Waals surface area contributed by atoms with Crippen molar-refractivity contribution in [1.29, 1.82) is 0 Å². The van der Waals surface area contributed by atoms with Crippen LogP contribution in [0.4, 0.5) is 26.3 Å². The molecule has 0 radical (unpaired) electrons. The number of hydrogen-bond acceptors (Lipinski definition) is 8. The summed E-state index contributed by atoms with van der Waals surface area (Å²) in [5.41, 5.74) is 3.34. The van der Waals surface area contributed by atoms with Crippen molar-refractivity contribution in [2.45, 2.75) is 31.5 Å². The molecule has 214 valence electrons. The van der Waals surface area contributed by atoms with E-state index in [1.807, 2.05) is 48.5 Å². The number of hydrogen-bond donors (Lipinski definition) is 5. The maximum atomic E-state index is 11.2. The number of rotatable bonds is 8. The van der Waals surface area contributed by atoms with Crippen LogP contribution >= 0.6 is 0 Å². The van der Waals surface area contributed by atoms with Crippen molar-refractivity contribution in [1.82, 2.24) is 0 Å². The number of nitrogens with zero attached hydrogens (tertiary/aromatic N) is 2. The summed E-state index contributed by atoms with van der Waals surface area (Å²) in [5, 5.41) is 30.4. The molecule has 11 nitrogen and oxygen atoms in total. The van der Waals surface area contributed by atoms with Gasteiger partial charge in [-0.1, -0.05) is 42.5 Å². The molecule has 0 saturated carbocycles. The van der Waals surface area contributed by atoms with E-state index in [9.17, 15) is 31.1 Å². The van der Waals surface area contributed by atoms with Crippen LogP contribution in [-0.2, 0) is 25.7 Å². The van der Waals surface area contributed by atoms with Gasteiger partial charge in [-0.3, -0.25) is 4.79 Å². The second kappa shape index (κ2) is 16.2. The van der Waals surface area contributed by atoms with Crippen molar-refractivity contribution in [2.24, 2.45) is 21.9 Å². The highest BCUT2D eigenvalue weighted by Crippen LogP contribution is 2.24. The molecule has 0 amide bonds. The molecule has 39 heavy (non-hydrogen) atoms. The highest BCUT2D eigenvalue weighted by atomic mass is 19.4.